The number of benzene rings is 2. The van der Waals surface area contributed by atoms with Gasteiger partial charge in [0.1, 0.15) is 16.7 Å². The highest BCUT2D eigenvalue weighted by molar-refractivity contribution is 7.17. The maximum Gasteiger partial charge on any atom is 0.573 e. The summed E-state index contributed by atoms with van der Waals surface area (Å²) < 4.78 is 47.6. The van der Waals surface area contributed by atoms with E-state index in [9.17, 15) is 27.6 Å². The first-order chi connectivity index (χ1) is 20.8. The first-order valence-corrected chi connectivity index (χ1v) is 15.1. The number of hydroxylamine groups is 1. The molecule has 8 nitrogen and oxygen atoms in total. The standard InChI is InChI=1S/C32H31F3N2O6S/c1-31(2,3)18-12-15-21-22(16-18)44-29(23(21)30(40)41-4)36-27(38)24-25(17-10-13-20(14-11-17)42-32(33,34)35)37(43-26(24)28(36)39)19-8-6-5-7-9-19/h5-11,13-14,18,24-26H,12,15-16H2,1-4H3/t18-,24+,25-,26-/m0/s1. The summed E-state index contributed by atoms with van der Waals surface area (Å²) in [6, 6.07) is 13.1. The van der Waals surface area contributed by atoms with Crippen molar-refractivity contribution in [2.75, 3.05) is 17.1 Å². The normalized spacial score (nSPS) is 23.5. The van der Waals surface area contributed by atoms with Crippen molar-refractivity contribution in [3.63, 3.8) is 0 Å². The fourth-order valence-electron chi connectivity index (χ4n) is 6.40. The highest BCUT2D eigenvalue weighted by Gasteiger charge is 2.61. The number of carbonyl (C=O) groups is 3. The molecule has 4 atom stereocenters. The van der Waals surface area contributed by atoms with Crippen LogP contribution in [0.4, 0.5) is 23.9 Å². The Hall–Kier alpha value is -3.90. The highest BCUT2D eigenvalue weighted by atomic mass is 32.1. The second-order valence-corrected chi connectivity index (χ2v) is 13.4. The molecule has 3 aromatic rings. The van der Waals surface area contributed by atoms with Crippen LogP contribution in [0.2, 0.25) is 0 Å². The Balaban J connectivity index is 1.40. The van der Waals surface area contributed by atoms with Crippen molar-refractivity contribution in [1.29, 1.82) is 0 Å². The van der Waals surface area contributed by atoms with Crippen LogP contribution in [0.3, 0.4) is 0 Å². The molecule has 44 heavy (non-hydrogen) atoms. The number of hydrogen-bond acceptors (Lipinski definition) is 8. The van der Waals surface area contributed by atoms with Gasteiger partial charge in [-0.25, -0.2) is 14.8 Å². The van der Waals surface area contributed by atoms with Crippen LogP contribution in [0.5, 0.6) is 5.75 Å². The van der Waals surface area contributed by atoms with E-state index in [-0.39, 0.29) is 16.0 Å². The van der Waals surface area contributed by atoms with E-state index in [1.807, 2.05) is 0 Å². The number of methoxy groups -OCH3 is 1. The Bertz CT molecular complexity index is 1600. The molecule has 3 aliphatic rings. The number of halogens is 3. The van der Waals surface area contributed by atoms with Crippen molar-refractivity contribution in [1.82, 2.24) is 0 Å². The number of rotatable bonds is 5. The molecular formula is C32H31F3N2O6S. The maximum atomic E-state index is 14.3. The Labute approximate surface area is 256 Å². The summed E-state index contributed by atoms with van der Waals surface area (Å²) in [7, 11) is 1.27. The molecule has 12 heteroatoms. The van der Waals surface area contributed by atoms with Gasteiger partial charge >= 0.3 is 12.3 Å². The molecule has 6 rings (SSSR count). The molecule has 0 N–H and O–H groups in total. The predicted octanol–water partition coefficient (Wildman–Crippen LogP) is 6.64. The van der Waals surface area contributed by atoms with Crippen molar-refractivity contribution in [2.24, 2.45) is 17.3 Å². The van der Waals surface area contributed by atoms with Crippen LogP contribution in [0.25, 0.3) is 0 Å². The lowest BCUT2D eigenvalue weighted by Gasteiger charge is -2.33. The number of thiophene rings is 1. The minimum Gasteiger partial charge on any atom is -0.465 e. The molecule has 2 amide bonds. The molecule has 232 valence electrons. The quantitative estimate of drug-likeness (QED) is 0.232. The predicted molar refractivity (Wildman–Crippen MR) is 156 cm³/mol. The van der Waals surface area contributed by atoms with Gasteiger partial charge in [0, 0.05) is 4.88 Å². The molecule has 0 unspecified atom stereocenters. The molecule has 0 bridgehead atoms. The zero-order valence-corrected chi connectivity index (χ0v) is 25.3. The Kier molecular flexibility index (Phi) is 7.48. The first kappa shape index (κ1) is 30.1. The summed E-state index contributed by atoms with van der Waals surface area (Å²) in [6.45, 7) is 6.51. The molecule has 1 aromatic heterocycles. The zero-order chi connectivity index (χ0) is 31.6. The minimum atomic E-state index is -4.86. The number of para-hydroxylation sites is 1. The Morgan fingerprint density at radius 2 is 1.68 bits per heavy atom. The summed E-state index contributed by atoms with van der Waals surface area (Å²) in [5.74, 6) is -2.89. The number of amides is 2. The number of anilines is 2. The average Bonchev–Trinajstić information content (AvgIpc) is 3.62. The van der Waals surface area contributed by atoms with Crippen LogP contribution in [-0.4, -0.2) is 37.4 Å². The number of fused-ring (bicyclic) bond motifs is 2. The van der Waals surface area contributed by atoms with E-state index in [1.165, 1.54) is 35.6 Å². The van der Waals surface area contributed by atoms with Gasteiger partial charge in [0.05, 0.1) is 24.4 Å². The summed E-state index contributed by atoms with van der Waals surface area (Å²) in [5, 5.41) is 1.68. The minimum absolute atomic E-state index is 0.0340. The second-order valence-electron chi connectivity index (χ2n) is 12.3. The number of esters is 1. The number of alkyl halides is 3. The summed E-state index contributed by atoms with van der Waals surface area (Å²) in [4.78, 5) is 49.6. The summed E-state index contributed by atoms with van der Waals surface area (Å²) in [5.41, 5.74) is 2.08. The van der Waals surface area contributed by atoms with Crippen LogP contribution in [0.15, 0.2) is 54.6 Å². The average molecular weight is 629 g/mol. The Morgan fingerprint density at radius 1 is 1.00 bits per heavy atom. The number of nitrogens with zero attached hydrogens (tertiary/aromatic N) is 2. The Morgan fingerprint density at radius 3 is 2.30 bits per heavy atom. The topological polar surface area (TPSA) is 85.4 Å². The van der Waals surface area contributed by atoms with E-state index >= 15 is 0 Å². The second kappa shape index (κ2) is 10.9. The fraction of sp³-hybridized carbons (Fsp3) is 0.406. The third-order valence-corrected chi connectivity index (χ3v) is 9.88. The molecule has 1 aliphatic carbocycles. The monoisotopic (exact) mass is 628 g/mol. The molecule has 2 aliphatic heterocycles. The third-order valence-electron chi connectivity index (χ3n) is 8.65. The fourth-order valence-corrected chi connectivity index (χ4v) is 7.82. The lowest BCUT2D eigenvalue weighted by atomic mass is 9.72. The first-order valence-electron chi connectivity index (χ1n) is 14.3. The molecular weight excluding hydrogens is 597 g/mol. The lowest BCUT2D eigenvalue weighted by Crippen LogP contribution is -2.37. The number of ether oxygens (including phenoxy) is 2. The SMILES string of the molecule is COC(=O)c1c(N2C(=O)[C@H]3[C@H](ON(c4ccccc4)[C@H]3c3ccc(OC(F)(F)F)cc3)C2=O)sc2c1CC[C@H](C(C)(C)C)C2. The van der Waals surface area contributed by atoms with Crippen molar-refractivity contribution in [3.8, 4) is 5.75 Å². The van der Waals surface area contributed by atoms with Crippen LogP contribution < -0.4 is 14.7 Å². The van der Waals surface area contributed by atoms with Gasteiger partial charge in [-0.3, -0.25) is 14.4 Å². The van der Waals surface area contributed by atoms with Crippen molar-refractivity contribution in [3.05, 3.63) is 76.2 Å². The molecule has 2 fully saturated rings. The molecule has 0 radical (unpaired) electrons. The van der Waals surface area contributed by atoms with E-state index < -0.39 is 48.0 Å². The molecule has 0 spiro atoms. The number of hydrogen-bond donors (Lipinski definition) is 0. The third kappa shape index (κ3) is 5.23. The maximum absolute atomic E-state index is 14.3. The lowest BCUT2D eigenvalue weighted by molar-refractivity contribution is -0.274. The van der Waals surface area contributed by atoms with E-state index in [1.54, 1.807) is 30.3 Å². The smallest absolute Gasteiger partial charge is 0.465 e. The molecule has 0 saturated carbocycles. The largest absolute Gasteiger partial charge is 0.573 e. The number of carbonyl (C=O) groups excluding carboxylic acids is 3. The molecule has 2 aromatic carbocycles. The van der Waals surface area contributed by atoms with Gasteiger partial charge in [0.25, 0.3) is 5.91 Å². The van der Waals surface area contributed by atoms with Crippen molar-refractivity contribution in [2.45, 2.75) is 58.5 Å². The van der Waals surface area contributed by atoms with Gasteiger partial charge in [-0.2, -0.15) is 0 Å². The van der Waals surface area contributed by atoms with Crippen LogP contribution in [-0.2, 0) is 32.0 Å². The van der Waals surface area contributed by atoms with Gasteiger partial charge < -0.3 is 9.47 Å². The molecule has 3 heterocycles. The van der Waals surface area contributed by atoms with Gasteiger partial charge in [0.15, 0.2) is 6.10 Å². The van der Waals surface area contributed by atoms with E-state index in [4.69, 9.17) is 9.57 Å². The van der Waals surface area contributed by atoms with Crippen LogP contribution >= 0.6 is 11.3 Å². The highest BCUT2D eigenvalue weighted by Crippen LogP contribution is 2.51. The van der Waals surface area contributed by atoms with Gasteiger partial charge in [-0.1, -0.05) is 51.1 Å². The van der Waals surface area contributed by atoms with E-state index in [0.29, 0.717) is 30.0 Å². The van der Waals surface area contributed by atoms with E-state index in [2.05, 4.69) is 25.5 Å². The van der Waals surface area contributed by atoms with Crippen molar-refractivity contribution >= 4 is 39.8 Å². The van der Waals surface area contributed by atoms with Crippen LogP contribution in [0.1, 0.15) is 59.6 Å². The number of imide groups is 1. The van der Waals surface area contributed by atoms with Gasteiger partial charge in [-0.05, 0) is 66.0 Å². The van der Waals surface area contributed by atoms with Gasteiger partial charge in [-0.15, -0.1) is 24.5 Å². The zero-order valence-electron chi connectivity index (χ0n) is 24.5. The van der Waals surface area contributed by atoms with Crippen LogP contribution in [0, 0.1) is 17.3 Å². The summed E-state index contributed by atoms with van der Waals surface area (Å²) >= 11 is 1.26. The van der Waals surface area contributed by atoms with Gasteiger partial charge in [0.2, 0.25) is 5.91 Å². The van der Waals surface area contributed by atoms with Crippen molar-refractivity contribution < 1.29 is 41.9 Å². The molecule has 2 saturated heterocycles. The summed E-state index contributed by atoms with van der Waals surface area (Å²) in [6.07, 6.45) is -3.89. The van der Waals surface area contributed by atoms with E-state index in [0.717, 1.165) is 33.9 Å².